The molecule has 1 fully saturated rings. The Labute approximate surface area is 168 Å². The van der Waals surface area contributed by atoms with Crippen LogP contribution in [0.4, 0.5) is 0 Å². The highest BCUT2D eigenvalue weighted by atomic mass is 35.5. The van der Waals surface area contributed by atoms with E-state index in [2.05, 4.69) is 4.98 Å². The van der Waals surface area contributed by atoms with Crippen LogP contribution in [0.15, 0.2) is 53.3 Å². The molecule has 0 atom stereocenters. The van der Waals surface area contributed by atoms with Crippen molar-refractivity contribution in [1.82, 2.24) is 19.4 Å². The second kappa shape index (κ2) is 7.73. The quantitative estimate of drug-likeness (QED) is 0.679. The number of hydrogen-bond acceptors (Lipinski definition) is 4. The summed E-state index contributed by atoms with van der Waals surface area (Å²) in [7, 11) is 1.73. The lowest BCUT2D eigenvalue weighted by Gasteiger charge is -2.34. The van der Waals surface area contributed by atoms with Gasteiger partial charge in [0.1, 0.15) is 5.82 Å². The van der Waals surface area contributed by atoms with Crippen molar-refractivity contribution in [3.05, 3.63) is 75.3 Å². The average Bonchev–Trinajstić information content (AvgIpc) is 2.69. The van der Waals surface area contributed by atoms with E-state index in [0.717, 1.165) is 12.1 Å². The van der Waals surface area contributed by atoms with Gasteiger partial charge in [-0.3, -0.25) is 19.1 Å². The summed E-state index contributed by atoms with van der Waals surface area (Å²) >= 11 is 5.92. The molecule has 0 N–H and O–H groups in total. The topological polar surface area (TPSA) is 58.4 Å². The van der Waals surface area contributed by atoms with E-state index in [1.165, 1.54) is 0 Å². The number of para-hydroxylation sites is 1. The first kappa shape index (κ1) is 18.7. The lowest BCUT2D eigenvalue weighted by Crippen LogP contribution is -2.49. The van der Waals surface area contributed by atoms with Crippen LogP contribution in [0.5, 0.6) is 0 Å². The number of piperazine rings is 1. The summed E-state index contributed by atoms with van der Waals surface area (Å²) < 4.78 is 1.58. The Morgan fingerprint density at radius 1 is 1.00 bits per heavy atom. The van der Waals surface area contributed by atoms with Crippen LogP contribution in [-0.2, 0) is 24.9 Å². The van der Waals surface area contributed by atoms with Crippen LogP contribution in [0, 0.1) is 0 Å². The van der Waals surface area contributed by atoms with Gasteiger partial charge in [-0.05, 0) is 29.8 Å². The molecule has 4 rings (SSSR count). The van der Waals surface area contributed by atoms with Gasteiger partial charge in [0.25, 0.3) is 5.56 Å². The number of halogens is 1. The molecule has 1 saturated heterocycles. The van der Waals surface area contributed by atoms with Gasteiger partial charge in [-0.2, -0.15) is 0 Å². The zero-order valence-electron chi connectivity index (χ0n) is 15.6. The number of hydrogen-bond donors (Lipinski definition) is 0. The molecule has 7 heteroatoms. The van der Waals surface area contributed by atoms with Crippen molar-refractivity contribution in [2.45, 2.75) is 13.1 Å². The molecule has 3 aromatic rings. The Morgan fingerprint density at radius 2 is 1.75 bits per heavy atom. The van der Waals surface area contributed by atoms with Gasteiger partial charge in [-0.1, -0.05) is 35.9 Å². The normalized spacial score (nSPS) is 15.4. The third-order valence-corrected chi connectivity index (χ3v) is 5.38. The Bertz CT molecular complexity index is 1080. The van der Waals surface area contributed by atoms with E-state index >= 15 is 0 Å². The van der Waals surface area contributed by atoms with Gasteiger partial charge in [0.15, 0.2) is 0 Å². The molecule has 28 heavy (non-hydrogen) atoms. The van der Waals surface area contributed by atoms with E-state index in [4.69, 9.17) is 11.6 Å². The highest BCUT2D eigenvalue weighted by molar-refractivity contribution is 6.30. The van der Waals surface area contributed by atoms with E-state index < -0.39 is 0 Å². The predicted molar refractivity (Wildman–Crippen MR) is 109 cm³/mol. The molecule has 0 saturated carbocycles. The van der Waals surface area contributed by atoms with Crippen molar-refractivity contribution in [2.24, 2.45) is 7.05 Å². The summed E-state index contributed by atoms with van der Waals surface area (Å²) in [4.78, 5) is 33.7. The summed E-state index contributed by atoms with van der Waals surface area (Å²) in [5.74, 6) is 0.745. The number of carbonyl (C=O) groups is 1. The van der Waals surface area contributed by atoms with Gasteiger partial charge in [0, 0.05) is 31.7 Å². The van der Waals surface area contributed by atoms with Crippen LogP contribution >= 0.6 is 11.6 Å². The number of rotatable bonds is 4. The standard InChI is InChI=1S/C21H21ClN4O2/c1-24-19(23-18-5-3-2-4-17(18)21(24)28)13-25-10-11-26(20(27)14-25)12-15-6-8-16(22)9-7-15/h2-9H,10-14H2,1H3. The third kappa shape index (κ3) is 3.79. The fourth-order valence-corrected chi connectivity index (χ4v) is 3.60. The van der Waals surface area contributed by atoms with Gasteiger partial charge in [-0.15, -0.1) is 0 Å². The van der Waals surface area contributed by atoms with Crippen LogP contribution in [0.25, 0.3) is 10.9 Å². The van der Waals surface area contributed by atoms with Crippen LogP contribution in [0.1, 0.15) is 11.4 Å². The number of carbonyl (C=O) groups excluding carboxylic acids is 1. The van der Waals surface area contributed by atoms with Crippen molar-refractivity contribution in [3.8, 4) is 0 Å². The number of aromatic nitrogens is 2. The minimum absolute atomic E-state index is 0.0618. The number of fused-ring (bicyclic) bond motifs is 1. The molecular weight excluding hydrogens is 376 g/mol. The smallest absolute Gasteiger partial charge is 0.261 e. The first-order valence-electron chi connectivity index (χ1n) is 9.20. The van der Waals surface area contributed by atoms with Gasteiger partial charge < -0.3 is 4.90 Å². The highest BCUT2D eigenvalue weighted by Crippen LogP contribution is 2.15. The minimum Gasteiger partial charge on any atom is -0.336 e. The summed E-state index contributed by atoms with van der Waals surface area (Å²) in [5, 5.41) is 1.30. The highest BCUT2D eigenvalue weighted by Gasteiger charge is 2.25. The van der Waals surface area contributed by atoms with Crippen LogP contribution in [-0.4, -0.2) is 44.9 Å². The summed E-state index contributed by atoms with van der Waals surface area (Å²) in [6.45, 7) is 2.74. The molecule has 1 amide bonds. The maximum atomic E-state index is 12.6. The Hall–Kier alpha value is -2.70. The van der Waals surface area contributed by atoms with Crippen molar-refractivity contribution in [3.63, 3.8) is 0 Å². The monoisotopic (exact) mass is 396 g/mol. The zero-order valence-corrected chi connectivity index (χ0v) is 16.4. The van der Waals surface area contributed by atoms with Crippen molar-refractivity contribution < 1.29 is 4.79 Å². The Morgan fingerprint density at radius 3 is 2.50 bits per heavy atom. The molecule has 6 nitrogen and oxygen atoms in total. The molecule has 2 aromatic carbocycles. The molecule has 0 unspecified atom stereocenters. The lowest BCUT2D eigenvalue weighted by molar-refractivity contribution is -0.136. The number of benzene rings is 2. The van der Waals surface area contributed by atoms with Crippen molar-refractivity contribution in [2.75, 3.05) is 19.6 Å². The van der Waals surface area contributed by atoms with E-state index in [0.29, 0.717) is 47.9 Å². The predicted octanol–water partition coefficient (Wildman–Crippen LogP) is 2.43. The number of amides is 1. The maximum absolute atomic E-state index is 12.6. The fourth-order valence-electron chi connectivity index (χ4n) is 3.47. The Kier molecular flexibility index (Phi) is 5.15. The molecule has 0 aliphatic carbocycles. The largest absolute Gasteiger partial charge is 0.336 e. The van der Waals surface area contributed by atoms with Gasteiger partial charge in [0.2, 0.25) is 5.91 Å². The van der Waals surface area contributed by atoms with E-state index in [-0.39, 0.29) is 11.5 Å². The van der Waals surface area contributed by atoms with Gasteiger partial charge >= 0.3 is 0 Å². The second-order valence-corrected chi connectivity index (χ2v) is 7.50. The number of nitrogens with zero attached hydrogens (tertiary/aromatic N) is 4. The summed E-state index contributed by atoms with van der Waals surface area (Å²) in [6.07, 6.45) is 0. The van der Waals surface area contributed by atoms with Crippen molar-refractivity contribution in [1.29, 1.82) is 0 Å². The molecule has 1 aliphatic rings. The third-order valence-electron chi connectivity index (χ3n) is 5.13. The van der Waals surface area contributed by atoms with Crippen LogP contribution in [0.3, 0.4) is 0 Å². The summed E-state index contributed by atoms with van der Waals surface area (Å²) in [5.41, 5.74) is 1.69. The van der Waals surface area contributed by atoms with E-state index in [1.54, 1.807) is 17.7 Å². The van der Waals surface area contributed by atoms with Crippen LogP contribution in [0.2, 0.25) is 5.02 Å². The molecule has 1 aliphatic heterocycles. The van der Waals surface area contributed by atoms with Gasteiger partial charge in [-0.25, -0.2) is 4.98 Å². The fraction of sp³-hybridized carbons (Fsp3) is 0.286. The Balaban J connectivity index is 1.46. The molecule has 2 heterocycles. The zero-order chi connectivity index (χ0) is 19.7. The van der Waals surface area contributed by atoms with Crippen molar-refractivity contribution >= 4 is 28.4 Å². The maximum Gasteiger partial charge on any atom is 0.261 e. The molecule has 144 valence electrons. The molecule has 0 spiro atoms. The summed E-state index contributed by atoms with van der Waals surface area (Å²) in [6, 6.07) is 14.9. The van der Waals surface area contributed by atoms with E-state index in [1.807, 2.05) is 52.3 Å². The SMILES string of the molecule is Cn1c(CN2CCN(Cc3ccc(Cl)cc3)C(=O)C2)nc2ccccc2c1=O. The molecule has 0 radical (unpaired) electrons. The first-order chi connectivity index (χ1) is 13.5. The molecule has 0 bridgehead atoms. The molecule has 1 aromatic heterocycles. The minimum atomic E-state index is -0.0618. The lowest BCUT2D eigenvalue weighted by atomic mass is 10.2. The van der Waals surface area contributed by atoms with E-state index in [9.17, 15) is 9.59 Å². The molecular formula is C21H21ClN4O2. The van der Waals surface area contributed by atoms with Crippen LogP contribution < -0.4 is 5.56 Å². The van der Waals surface area contributed by atoms with Gasteiger partial charge in [0.05, 0.1) is 24.0 Å². The first-order valence-corrected chi connectivity index (χ1v) is 9.58. The average molecular weight is 397 g/mol. The second-order valence-electron chi connectivity index (χ2n) is 7.06.